The van der Waals surface area contributed by atoms with Crippen LogP contribution in [0, 0.1) is 0 Å². The van der Waals surface area contributed by atoms with Gasteiger partial charge in [-0.3, -0.25) is 0 Å². The summed E-state index contributed by atoms with van der Waals surface area (Å²) in [6, 6.07) is 64.8. The fourth-order valence-electron chi connectivity index (χ4n) is 11.8. The molecule has 0 saturated heterocycles. The second-order valence-electron chi connectivity index (χ2n) is 20.0. The monoisotopic (exact) mass is 808 g/mol. The second-order valence-corrected chi connectivity index (χ2v) is 20.0. The molecule has 304 valence electrons. The van der Waals surface area contributed by atoms with Crippen LogP contribution in [0.5, 0.6) is 0 Å². The van der Waals surface area contributed by atoms with Crippen molar-refractivity contribution < 1.29 is 0 Å². The third kappa shape index (κ3) is 5.67. The molecule has 8 aromatic carbocycles. The normalized spacial score (nSPS) is 16.5. The maximum atomic E-state index is 2.48. The summed E-state index contributed by atoms with van der Waals surface area (Å²) in [7, 11) is 0. The largest absolute Gasteiger partial charge is 0.0757 e. The highest BCUT2D eigenvalue weighted by Crippen LogP contribution is 2.54. The van der Waals surface area contributed by atoms with Gasteiger partial charge in [0.1, 0.15) is 0 Å². The molecule has 0 radical (unpaired) electrons. The van der Waals surface area contributed by atoms with Crippen molar-refractivity contribution in [1.82, 2.24) is 0 Å². The molecule has 0 fully saturated rings. The Balaban J connectivity index is 0.842. The van der Waals surface area contributed by atoms with Gasteiger partial charge in [0.25, 0.3) is 0 Å². The molecule has 8 aromatic rings. The Hall–Kier alpha value is -6.76. The Bertz CT molecular complexity index is 3290. The van der Waals surface area contributed by atoms with E-state index in [1.54, 1.807) is 0 Å². The Morgan fingerprint density at radius 2 is 0.571 bits per heavy atom. The Kier molecular flexibility index (Phi) is 8.21. The van der Waals surface area contributed by atoms with Crippen LogP contribution in [0.4, 0.5) is 0 Å². The van der Waals surface area contributed by atoms with Gasteiger partial charge in [-0.05, 0) is 172 Å². The number of fused-ring (bicyclic) bond motifs is 9. The Morgan fingerprint density at radius 1 is 0.254 bits per heavy atom. The van der Waals surface area contributed by atoms with E-state index in [0.717, 1.165) is 12.8 Å². The molecule has 0 amide bonds. The van der Waals surface area contributed by atoms with Crippen molar-refractivity contribution in [3.63, 3.8) is 0 Å². The molecule has 4 aliphatic carbocycles. The first-order valence-electron chi connectivity index (χ1n) is 22.9. The molecule has 0 unspecified atom stereocenters. The fourth-order valence-corrected chi connectivity index (χ4v) is 11.8. The van der Waals surface area contributed by atoms with E-state index < -0.39 is 0 Å². The van der Waals surface area contributed by atoms with Crippen molar-refractivity contribution >= 4 is 11.1 Å². The molecule has 0 saturated carbocycles. The molecule has 0 atom stereocenters. The molecule has 63 heavy (non-hydrogen) atoms. The lowest BCUT2D eigenvalue weighted by molar-refractivity contribution is 0.659. The van der Waals surface area contributed by atoms with Gasteiger partial charge >= 0.3 is 0 Å². The van der Waals surface area contributed by atoms with Gasteiger partial charge in [0, 0.05) is 16.2 Å². The second kappa shape index (κ2) is 13.6. The minimum absolute atomic E-state index is 0.0218. The summed E-state index contributed by atoms with van der Waals surface area (Å²) >= 11 is 0. The van der Waals surface area contributed by atoms with E-state index in [9.17, 15) is 0 Å². The predicted molar refractivity (Wildman–Crippen MR) is 267 cm³/mol. The average molecular weight is 809 g/mol. The van der Waals surface area contributed by atoms with Crippen molar-refractivity contribution in [3.8, 4) is 66.8 Å². The Morgan fingerprint density at radius 3 is 1.03 bits per heavy atom. The molecule has 0 aliphatic heterocycles. The molecule has 0 bridgehead atoms. The molecule has 0 heteroatoms. The summed E-state index contributed by atoms with van der Waals surface area (Å²) in [5.74, 6) is 0. The van der Waals surface area contributed by atoms with Gasteiger partial charge in [-0.25, -0.2) is 0 Å². The average Bonchev–Trinajstić information content (AvgIpc) is 3.80. The molecular formula is C63H52. The smallest absolute Gasteiger partial charge is 0.0159 e. The third-order valence-corrected chi connectivity index (χ3v) is 15.3. The lowest BCUT2D eigenvalue weighted by Crippen LogP contribution is -2.16. The summed E-state index contributed by atoms with van der Waals surface area (Å²) in [5, 5.41) is 0. The molecular weight excluding hydrogens is 757 g/mol. The van der Waals surface area contributed by atoms with Crippen molar-refractivity contribution in [3.05, 3.63) is 227 Å². The van der Waals surface area contributed by atoms with Crippen LogP contribution in [0.3, 0.4) is 0 Å². The lowest BCUT2D eigenvalue weighted by Gasteiger charge is -2.24. The molecule has 0 nitrogen and oxygen atoms in total. The zero-order valence-corrected chi connectivity index (χ0v) is 37.2. The minimum atomic E-state index is -0.141. The zero-order chi connectivity index (χ0) is 42.8. The molecule has 0 N–H and O–H groups in total. The number of benzene rings is 8. The van der Waals surface area contributed by atoms with E-state index in [0.29, 0.717) is 0 Å². The van der Waals surface area contributed by atoms with E-state index >= 15 is 0 Å². The molecule has 0 heterocycles. The van der Waals surface area contributed by atoms with Crippen LogP contribution in [0.25, 0.3) is 77.9 Å². The van der Waals surface area contributed by atoms with Crippen molar-refractivity contribution in [1.29, 1.82) is 0 Å². The number of allylic oxidation sites excluding steroid dienone is 4. The fraction of sp³-hybridized carbons (Fsp3) is 0.175. The van der Waals surface area contributed by atoms with E-state index in [2.05, 4.69) is 224 Å². The van der Waals surface area contributed by atoms with Gasteiger partial charge in [0.05, 0.1) is 0 Å². The van der Waals surface area contributed by atoms with E-state index in [1.165, 1.54) is 122 Å². The van der Waals surface area contributed by atoms with Crippen LogP contribution >= 0.6 is 0 Å². The van der Waals surface area contributed by atoms with Crippen LogP contribution in [0.1, 0.15) is 98.9 Å². The quantitative estimate of drug-likeness (QED) is 0.162. The van der Waals surface area contributed by atoms with E-state index in [-0.39, 0.29) is 16.2 Å². The summed E-state index contributed by atoms with van der Waals surface area (Å²) in [6.45, 7) is 14.4. The lowest BCUT2D eigenvalue weighted by atomic mass is 9.79. The van der Waals surface area contributed by atoms with Crippen LogP contribution in [0.15, 0.2) is 182 Å². The molecule has 0 aromatic heterocycles. The maximum Gasteiger partial charge on any atom is 0.0159 e. The standard InChI is InChI=1S/C63H52/c1-61(2)55-22-13-12-21-49(55)50-28-23-42(34-56(50)61)40-17-14-18-41(33-40)43-24-29-51-52-30-25-44(36-58(52)62(3,4)57(51)35-43)45-26-31-53-54-32-27-46(38-60(54)63(5,6)59(53)37-45)48-20-11-10-19-47(48)39-15-8-7-9-16-39/h7-9,12-38H,10-11H2,1-6H3. The number of hydrogen-bond acceptors (Lipinski definition) is 0. The van der Waals surface area contributed by atoms with Crippen LogP contribution in [-0.4, -0.2) is 0 Å². The van der Waals surface area contributed by atoms with Crippen molar-refractivity contribution in [2.45, 2.75) is 70.6 Å². The van der Waals surface area contributed by atoms with Gasteiger partial charge in [-0.1, -0.05) is 187 Å². The predicted octanol–water partition coefficient (Wildman–Crippen LogP) is 16.9. The van der Waals surface area contributed by atoms with Gasteiger partial charge in [0.15, 0.2) is 0 Å². The summed E-state index contributed by atoms with van der Waals surface area (Å²) in [5.41, 5.74) is 29.3. The van der Waals surface area contributed by atoms with Gasteiger partial charge in [-0.15, -0.1) is 0 Å². The van der Waals surface area contributed by atoms with Crippen molar-refractivity contribution in [2.75, 3.05) is 0 Å². The summed E-state index contributed by atoms with van der Waals surface area (Å²) in [6.07, 6.45) is 7.04. The maximum absolute atomic E-state index is 2.48. The van der Waals surface area contributed by atoms with Crippen LogP contribution in [0.2, 0.25) is 0 Å². The summed E-state index contributed by atoms with van der Waals surface area (Å²) in [4.78, 5) is 0. The summed E-state index contributed by atoms with van der Waals surface area (Å²) < 4.78 is 0. The van der Waals surface area contributed by atoms with Crippen molar-refractivity contribution in [2.24, 2.45) is 0 Å². The van der Waals surface area contributed by atoms with E-state index in [1.807, 2.05) is 0 Å². The number of rotatable bonds is 5. The van der Waals surface area contributed by atoms with Crippen LogP contribution in [-0.2, 0) is 16.2 Å². The molecule has 12 rings (SSSR count). The van der Waals surface area contributed by atoms with Gasteiger partial charge in [0.2, 0.25) is 0 Å². The zero-order valence-electron chi connectivity index (χ0n) is 37.2. The third-order valence-electron chi connectivity index (χ3n) is 15.3. The number of hydrogen-bond donors (Lipinski definition) is 0. The highest BCUT2D eigenvalue weighted by molar-refractivity contribution is 6.06. The molecule has 4 aliphatic rings. The first kappa shape index (κ1) is 38.0. The van der Waals surface area contributed by atoms with Crippen LogP contribution < -0.4 is 0 Å². The van der Waals surface area contributed by atoms with Gasteiger partial charge in [-0.2, -0.15) is 0 Å². The Labute approximate surface area is 373 Å². The van der Waals surface area contributed by atoms with E-state index in [4.69, 9.17) is 0 Å². The highest BCUT2D eigenvalue weighted by Gasteiger charge is 2.39. The minimum Gasteiger partial charge on any atom is -0.0757 e. The first-order chi connectivity index (χ1) is 30.5. The SMILES string of the molecule is CC1(C)c2ccccc2-c2ccc(-c3cccc(-c4ccc5c(c4)C(C)(C)c4cc(-c6ccc7c(c6)C(C)(C)c6cc(C8=CCCC=C8c8ccccc8)ccc6-7)ccc4-5)c3)cc21. The highest BCUT2D eigenvalue weighted by atomic mass is 14.4. The molecule has 0 spiro atoms. The first-order valence-corrected chi connectivity index (χ1v) is 22.9. The topological polar surface area (TPSA) is 0 Å². The van der Waals surface area contributed by atoms with Gasteiger partial charge < -0.3 is 0 Å².